The van der Waals surface area contributed by atoms with Crippen LogP contribution in [0, 0.1) is 0 Å². The monoisotopic (exact) mass is 403 g/mol. The van der Waals surface area contributed by atoms with Gasteiger partial charge in [0.05, 0.1) is 19.7 Å². The highest BCUT2D eigenvalue weighted by molar-refractivity contribution is 5.91. The summed E-state index contributed by atoms with van der Waals surface area (Å²) in [6.45, 7) is 1.05. The van der Waals surface area contributed by atoms with Gasteiger partial charge in [0.15, 0.2) is 17.6 Å². The molecule has 1 aromatic carbocycles. The number of fused-ring (bicyclic) bond motifs is 1. The molecule has 1 atom stereocenters. The lowest BCUT2D eigenvalue weighted by molar-refractivity contribution is -0.148. The zero-order valence-electron chi connectivity index (χ0n) is 16.7. The molecule has 1 saturated heterocycles. The molecule has 2 heterocycles. The van der Waals surface area contributed by atoms with Gasteiger partial charge in [0.25, 0.3) is 5.91 Å². The molecule has 1 aliphatic heterocycles. The molecular weight excluding hydrogens is 378 g/mol. The number of nitrogens with one attached hydrogen (secondary N) is 1. The van der Waals surface area contributed by atoms with Gasteiger partial charge in [-0.3, -0.25) is 9.59 Å². The van der Waals surface area contributed by atoms with Crippen molar-refractivity contribution in [1.29, 1.82) is 0 Å². The maximum Gasteiger partial charge on any atom is 0.306 e. The van der Waals surface area contributed by atoms with E-state index in [1.807, 2.05) is 11.9 Å². The first-order valence-electron chi connectivity index (χ1n) is 9.30. The molecule has 1 amide bonds. The van der Waals surface area contributed by atoms with E-state index in [4.69, 9.17) is 19.9 Å². The van der Waals surface area contributed by atoms with Crippen molar-refractivity contribution in [3.63, 3.8) is 0 Å². The Morgan fingerprint density at radius 3 is 2.69 bits per heavy atom. The number of amides is 1. The van der Waals surface area contributed by atoms with E-state index in [9.17, 15) is 9.59 Å². The first-order chi connectivity index (χ1) is 13.9. The number of nitrogens with two attached hydrogens (primary N) is 1. The van der Waals surface area contributed by atoms with E-state index >= 15 is 0 Å². The van der Waals surface area contributed by atoms with Crippen LogP contribution in [0.25, 0.3) is 10.9 Å². The second kappa shape index (κ2) is 8.80. The Morgan fingerprint density at radius 2 is 2.03 bits per heavy atom. The molecule has 0 radical (unpaired) electrons. The second-order valence-corrected chi connectivity index (χ2v) is 6.72. The molecule has 1 fully saturated rings. The number of nitrogen functional groups attached to an aromatic ring is 1. The van der Waals surface area contributed by atoms with Gasteiger partial charge < -0.3 is 30.2 Å². The number of hydrogen-bond acceptors (Lipinski definition) is 9. The average molecular weight is 403 g/mol. The van der Waals surface area contributed by atoms with Gasteiger partial charge in [-0.1, -0.05) is 0 Å². The van der Waals surface area contributed by atoms with Crippen LogP contribution in [-0.4, -0.2) is 62.3 Å². The van der Waals surface area contributed by atoms with E-state index < -0.39 is 6.10 Å². The molecule has 2 aromatic rings. The van der Waals surface area contributed by atoms with Gasteiger partial charge in [0.1, 0.15) is 5.82 Å². The van der Waals surface area contributed by atoms with E-state index in [1.54, 1.807) is 26.4 Å². The van der Waals surface area contributed by atoms with Crippen molar-refractivity contribution in [2.24, 2.45) is 0 Å². The maximum absolute atomic E-state index is 11.9. The fraction of sp³-hybridized carbons (Fsp3) is 0.474. The minimum absolute atomic E-state index is 0.259. The predicted octanol–water partition coefficient (Wildman–Crippen LogP) is 0.877. The number of rotatable bonds is 8. The Kier molecular flexibility index (Phi) is 6.20. The highest BCUT2D eigenvalue weighted by Crippen LogP contribution is 2.33. The fourth-order valence-electron chi connectivity index (χ4n) is 3.09. The molecule has 3 N–H and O–H groups in total. The second-order valence-electron chi connectivity index (χ2n) is 6.72. The van der Waals surface area contributed by atoms with Crippen molar-refractivity contribution in [1.82, 2.24) is 15.3 Å². The summed E-state index contributed by atoms with van der Waals surface area (Å²) in [6.07, 6.45) is 0.716. The molecule has 10 nitrogen and oxygen atoms in total. The molecule has 156 valence electrons. The number of carbonyl (C=O) groups is 2. The number of ether oxygens (including phenoxy) is 3. The SMILES string of the molecule is COc1cc2nc(N(C)CCCNC(=O)C3CCC(=O)O3)nc(N)c2cc1OC. The molecular formula is C19H25N5O5. The minimum Gasteiger partial charge on any atom is -0.493 e. The van der Waals surface area contributed by atoms with Crippen LogP contribution < -0.4 is 25.4 Å². The average Bonchev–Trinajstić information content (AvgIpc) is 3.16. The number of methoxy groups -OCH3 is 2. The summed E-state index contributed by atoms with van der Waals surface area (Å²) < 4.78 is 15.6. The number of aromatic nitrogens is 2. The lowest BCUT2D eigenvalue weighted by Gasteiger charge is -2.19. The van der Waals surface area contributed by atoms with Gasteiger partial charge in [-0.2, -0.15) is 4.98 Å². The molecule has 0 saturated carbocycles. The lowest BCUT2D eigenvalue weighted by Crippen LogP contribution is -2.36. The number of nitrogens with zero attached hydrogens (tertiary/aromatic N) is 3. The van der Waals surface area contributed by atoms with Gasteiger partial charge in [-0.05, 0) is 12.5 Å². The normalized spacial score (nSPS) is 15.8. The topological polar surface area (TPSA) is 129 Å². The van der Waals surface area contributed by atoms with Crippen LogP contribution in [0.2, 0.25) is 0 Å². The van der Waals surface area contributed by atoms with Crippen LogP contribution in [0.1, 0.15) is 19.3 Å². The minimum atomic E-state index is -0.671. The van der Waals surface area contributed by atoms with Gasteiger partial charge in [0.2, 0.25) is 5.95 Å². The van der Waals surface area contributed by atoms with Gasteiger partial charge in [-0.15, -0.1) is 0 Å². The maximum atomic E-state index is 11.9. The first-order valence-corrected chi connectivity index (χ1v) is 9.30. The fourth-order valence-corrected chi connectivity index (χ4v) is 3.09. The van der Waals surface area contributed by atoms with Crippen LogP contribution in [0.5, 0.6) is 11.5 Å². The van der Waals surface area contributed by atoms with E-state index in [0.29, 0.717) is 60.1 Å². The summed E-state index contributed by atoms with van der Waals surface area (Å²) in [5.74, 6) is 1.34. The standard InChI is InChI=1S/C19H25N5O5/c1-24(8-4-7-21-18(26)13-5-6-16(25)29-13)19-22-12-10-15(28-3)14(27-2)9-11(12)17(20)23-19/h9-10,13H,4-8H2,1-3H3,(H,21,26)(H2,20,22,23). The zero-order valence-corrected chi connectivity index (χ0v) is 16.7. The highest BCUT2D eigenvalue weighted by atomic mass is 16.6. The van der Waals surface area contributed by atoms with Gasteiger partial charge in [0, 0.05) is 44.4 Å². The third kappa shape index (κ3) is 4.58. The van der Waals surface area contributed by atoms with E-state index in [1.165, 1.54) is 0 Å². The molecule has 0 spiro atoms. The van der Waals surface area contributed by atoms with Crippen LogP contribution in [0.3, 0.4) is 0 Å². The van der Waals surface area contributed by atoms with Crippen LogP contribution in [0.4, 0.5) is 11.8 Å². The van der Waals surface area contributed by atoms with Crippen molar-refractivity contribution in [2.45, 2.75) is 25.4 Å². The van der Waals surface area contributed by atoms with E-state index in [2.05, 4.69) is 15.3 Å². The molecule has 10 heteroatoms. The quantitative estimate of drug-likeness (QED) is 0.487. The van der Waals surface area contributed by atoms with Crippen LogP contribution >= 0.6 is 0 Å². The molecule has 29 heavy (non-hydrogen) atoms. The molecule has 0 aliphatic carbocycles. The van der Waals surface area contributed by atoms with Crippen molar-refractivity contribution in [3.8, 4) is 11.5 Å². The molecule has 1 unspecified atom stereocenters. The number of anilines is 2. The summed E-state index contributed by atoms with van der Waals surface area (Å²) in [5, 5.41) is 3.46. The number of cyclic esters (lactones) is 1. The number of benzene rings is 1. The summed E-state index contributed by atoms with van der Waals surface area (Å²) in [5.41, 5.74) is 6.76. The summed E-state index contributed by atoms with van der Waals surface area (Å²) in [4.78, 5) is 33.8. The van der Waals surface area contributed by atoms with Gasteiger partial charge >= 0.3 is 5.97 Å². The Balaban J connectivity index is 1.60. The number of carbonyl (C=O) groups excluding carboxylic acids is 2. The number of hydrogen-bond donors (Lipinski definition) is 2. The highest BCUT2D eigenvalue weighted by Gasteiger charge is 2.29. The molecule has 3 rings (SSSR count). The van der Waals surface area contributed by atoms with E-state index in [0.717, 1.165) is 0 Å². The molecule has 0 bridgehead atoms. The van der Waals surface area contributed by atoms with E-state index in [-0.39, 0.29) is 18.3 Å². The Labute approximate surface area is 168 Å². The Hall–Kier alpha value is -3.30. The zero-order chi connectivity index (χ0) is 21.0. The summed E-state index contributed by atoms with van der Waals surface area (Å²) in [6, 6.07) is 3.51. The lowest BCUT2D eigenvalue weighted by atomic mass is 10.2. The summed E-state index contributed by atoms with van der Waals surface area (Å²) in [7, 11) is 4.96. The van der Waals surface area contributed by atoms with Crippen molar-refractivity contribution >= 4 is 34.5 Å². The first kappa shape index (κ1) is 20.4. The third-order valence-corrected chi connectivity index (χ3v) is 4.71. The number of esters is 1. The molecule has 1 aliphatic rings. The van der Waals surface area contributed by atoms with Crippen molar-refractivity contribution in [3.05, 3.63) is 12.1 Å². The largest absolute Gasteiger partial charge is 0.493 e. The molecule has 1 aromatic heterocycles. The van der Waals surface area contributed by atoms with Crippen molar-refractivity contribution in [2.75, 3.05) is 45.0 Å². The third-order valence-electron chi connectivity index (χ3n) is 4.71. The summed E-state index contributed by atoms with van der Waals surface area (Å²) >= 11 is 0. The van der Waals surface area contributed by atoms with Crippen LogP contribution in [-0.2, 0) is 14.3 Å². The van der Waals surface area contributed by atoms with Crippen LogP contribution in [0.15, 0.2) is 12.1 Å². The predicted molar refractivity (Wildman–Crippen MR) is 107 cm³/mol. The van der Waals surface area contributed by atoms with Crippen molar-refractivity contribution < 1.29 is 23.8 Å². The Morgan fingerprint density at radius 1 is 1.31 bits per heavy atom. The van der Waals surface area contributed by atoms with Gasteiger partial charge in [-0.25, -0.2) is 4.98 Å². The smallest absolute Gasteiger partial charge is 0.306 e. The Bertz CT molecular complexity index is 919.